The predicted octanol–water partition coefficient (Wildman–Crippen LogP) is 6.18. The van der Waals surface area contributed by atoms with Gasteiger partial charge in [0.1, 0.15) is 6.61 Å². The Balaban J connectivity index is 1.50. The molecule has 0 fully saturated rings. The number of aliphatic imine (C=N–C) groups is 1. The smallest absolute Gasteiger partial charge is 0.161 e. The van der Waals surface area contributed by atoms with Crippen LogP contribution >= 0.6 is 0 Å². The number of fused-ring (bicyclic) bond motifs is 1. The van der Waals surface area contributed by atoms with Crippen molar-refractivity contribution in [2.45, 2.75) is 6.61 Å². The van der Waals surface area contributed by atoms with Gasteiger partial charge < -0.3 is 9.47 Å². The van der Waals surface area contributed by atoms with E-state index < -0.39 is 0 Å². The minimum atomic E-state index is 0.502. The van der Waals surface area contributed by atoms with E-state index in [4.69, 9.17) is 9.47 Å². The van der Waals surface area contributed by atoms with E-state index in [1.54, 1.807) is 7.11 Å². The van der Waals surface area contributed by atoms with Gasteiger partial charge in [0, 0.05) is 6.21 Å². The zero-order chi connectivity index (χ0) is 19.2. The van der Waals surface area contributed by atoms with Crippen molar-refractivity contribution in [1.29, 1.82) is 0 Å². The molecule has 0 aromatic heterocycles. The van der Waals surface area contributed by atoms with Gasteiger partial charge in [-0.15, -0.1) is 0 Å². The molecule has 0 aliphatic carbocycles. The molecule has 0 saturated carbocycles. The molecule has 138 valence electrons. The van der Waals surface area contributed by atoms with E-state index in [0.717, 1.165) is 16.8 Å². The molecule has 0 saturated heterocycles. The van der Waals surface area contributed by atoms with Crippen LogP contribution in [0.25, 0.3) is 10.8 Å². The second-order valence-corrected chi connectivity index (χ2v) is 6.47. The van der Waals surface area contributed by atoms with Crippen molar-refractivity contribution in [2.24, 2.45) is 4.99 Å². The SMILES string of the molecule is COc1cc(C=Nc2ccc3ccccc3c2)ccc1OCc1ccccc1. The quantitative estimate of drug-likeness (QED) is 0.381. The molecule has 0 N–H and O–H groups in total. The number of nitrogens with zero attached hydrogens (tertiary/aromatic N) is 1. The number of methoxy groups -OCH3 is 1. The van der Waals surface area contributed by atoms with Crippen LogP contribution in [0.4, 0.5) is 5.69 Å². The highest BCUT2D eigenvalue weighted by Crippen LogP contribution is 2.29. The van der Waals surface area contributed by atoms with E-state index in [1.807, 2.05) is 72.9 Å². The van der Waals surface area contributed by atoms with Crippen LogP contribution in [-0.4, -0.2) is 13.3 Å². The Bertz CT molecular complexity index is 1100. The van der Waals surface area contributed by atoms with Crippen molar-refractivity contribution in [3.63, 3.8) is 0 Å². The van der Waals surface area contributed by atoms with E-state index >= 15 is 0 Å². The maximum absolute atomic E-state index is 5.91. The molecule has 4 aromatic rings. The lowest BCUT2D eigenvalue weighted by molar-refractivity contribution is 0.284. The number of rotatable bonds is 6. The van der Waals surface area contributed by atoms with Crippen LogP contribution in [0.5, 0.6) is 11.5 Å². The third-order valence-electron chi connectivity index (χ3n) is 4.52. The van der Waals surface area contributed by atoms with Crippen LogP contribution in [0.2, 0.25) is 0 Å². The molecule has 4 aromatic carbocycles. The molecule has 0 aliphatic heterocycles. The zero-order valence-electron chi connectivity index (χ0n) is 15.7. The number of benzene rings is 4. The third-order valence-corrected chi connectivity index (χ3v) is 4.52. The van der Waals surface area contributed by atoms with E-state index in [-0.39, 0.29) is 0 Å². The van der Waals surface area contributed by atoms with Gasteiger partial charge in [0.15, 0.2) is 11.5 Å². The van der Waals surface area contributed by atoms with Gasteiger partial charge in [-0.3, -0.25) is 4.99 Å². The molecule has 0 aliphatic rings. The van der Waals surface area contributed by atoms with Gasteiger partial charge in [0.25, 0.3) is 0 Å². The van der Waals surface area contributed by atoms with E-state index in [9.17, 15) is 0 Å². The van der Waals surface area contributed by atoms with Crippen LogP contribution in [-0.2, 0) is 6.61 Å². The topological polar surface area (TPSA) is 30.8 Å². The first-order valence-corrected chi connectivity index (χ1v) is 9.19. The van der Waals surface area contributed by atoms with Crippen molar-refractivity contribution in [3.8, 4) is 11.5 Å². The highest BCUT2D eigenvalue weighted by Gasteiger charge is 2.05. The molecule has 0 heterocycles. The predicted molar refractivity (Wildman–Crippen MR) is 115 cm³/mol. The summed E-state index contributed by atoms with van der Waals surface area (Å²) in [5.41, 5.74) is 2.99. The molecule has 0 unspecified atom stereocenters. The summed E-state index contributed by atoms with van der Waals surface area (Å²) in [5.74, 6) is 1.41. The summed E-state index contributed by atoms with van der Waals surface area (Å²) < 4.78 is 11.4. The largest absolute Gasteiger partial charge is 0.493 e. The van der Waals surface area contributed by atoms with E-state index in [1.165, 1.54) is 10.8 Å². The summed E-state index contributed by atoms with van der Waals surface area (Å²) in [5, 5.41) is 2.39. The lowest BCUT2D eigenvalue weighted by Gasteiger charge is -2.11. The fourth-order valence-electron chi connectivity index (χ4n) is 3.03. The Hall–Kier alpha value is -3.59. The summed E-state index contributed by atoms with van der Waals surface area (Å²) in [6.07, 6.45) is 1.84. The average Bonchev–Trinajstić information content (AvgIpc) is 2.77. The maximum Gasteiger partial charge on any atom is 0.161 e. The van der Waals surface area contributed by atoms with Crippen LogP contribution in [0.3, 0.4) is 0 Å². The highest BCUT2D eigenvalue weighted by atomic mass is 16.5. The van der Waals surface area contributed by atoms with Crippen molar-refractivity contribution in [2.75, 3.05) is 7.11 Å². The first-order chi connectivity index (χ1) is 13.8. The molecule has 28 heavy (non-hydrogen) atoms. The van der Waals surface area contributed by atoms with Gasteiger partial charge in [-0.2, -0.15) is 0 Å². The van der Waals surface area contributed by atoms with Crippen molar-refractivity contribution in [1.82, 2.24) is 0 Å². The summed E-state index contributed by atoms with van der Waals surface area (Å²) in [7, 11) is 1.65. The van der Waals surface area contributed by atoms with Crippen molar-refractivity contribution >= 4 is 22.7 Å². The second-order valence-electron chi connectivity index (χ2n) is 6.47. The van der Waals surface area contributed by atoms with Gasteiger partial charge in [-0.1, -0.05) is 60.7 Å². The van der Waals surface area contributed by atoms with Crippen LogP contribution in [0.15, 0.2) is 96.0 Å². The van der Waals surface area contributed by atoms with Crippen molar-refractivity contribution < 1.29 is 9.47 Å². The molecule has 3 nitrogen and oxygen atoms in total. The second kappa shape index (κ2) is 8.40. The Morgan fingerprint density at radius 3 is 2.36 bits per heavy atom. The first-order valence-electron chi connectivity index (χ1n) is 9.19. The van der Waals surface area contributed by atoms with Crippen molar-refractivity contribution in [3.05, 3.63) is 102 Å². The van der Waals surface area contributed by atoms with Crippen LogP contribution < -0.4 is 9.47 Å². The maximum atomic E-state index is 5.91. The fourth-order valence-corrected chi connectivity index (χ4v) is 3.03. The lowest BCUT2D eigenvalue weighted by atomic mass is 10.1. The highest BCUT2D eigenvalue weighted by molar-refractivity contribution is 5.88. The zero-order valence-corrected chi connectivity index (χ0v) is 15.7. The standard InChI is InChI=1S/C25H21NO2/c1-27-25-15-20(11-14-24(25)28-18-19-7-3-2-4-8-19)17-26-23-13-12-21-9-5-6-10-22(21)16-23/h2-17H,18H2,1H3. The molecule has 3 heteroatoms. The average molecular weight is 367 g/mol. The summed E-state index contributed by atoms with van der Waals surface area (Å²) >= 11 is 0. The molecule has 4 rings (SSSR count). The number of hydrogen-bond acceptors (Lipinski definition) is 3. The van der Waals surface area contributed by atoms with Gasteiger partial charge >= 0.3 is 0 Å². The molecule has 0 bridgehead atoms. The van der Waals surface area contributed by atoms with Gasteiger partial charge in [0.05, 0.1) is 12.8 Å². The first kappa shape index (κ1) is 17.8. The third kappa shape index (κ3) is 4.21. The molecule has 0 amide bonds. The fraction of sp³-hybridized carbons (Fsp3) is 0.0800. The Kier molecular flexibility index (Phi) is 5.34. The normalized spacial score (nSPS) is 11.0. The minimum absolute atomic E-state index is 0.502. The molecule has 0 spiro atoms. The van der Waals surface area contributed by atoms with E-state index in [0.29, 0.717) is 18.1 Å². The van der Waals surface area contributed by atoms with Crippen LogP contribution in [0.1, 0.15) is 11.1 Å². The van der Waals surface area contributed by atoms with E-state index in [2.05, 4.69) is 29.3 Å². The Morgan fingerprint density at radius 2 is 1.54 bits per heavy atom. The monoisotopic (exact) mass is 367 g/mol. The molecular weight excluding hydrogens is 346 g/mol. The number of ether oxygens (including phenoxy) is 2. The molecule has 0 atom stereocenters. The summed E-state index contributed by atoms with van der Waals surface area (Å²) in [6, 6.07) is 30.4. The Morgan fingerprint density at radius 1 is 0.750 bits per heavy atom. The Labute approximate surface area is 164 Å². The van der Waals surface area contributed by atoms with Crippen LogP contribution in [0, 0.1) is 0 Å². The van der Waals surface area contributed by atoms with Gasteiger partial charge in [-0.05, 0) is 52.2 Å². The lowest BCUT2D eigenvalue weighted by Crippen LogP contribution is -1.98. The number of hydrogen-bond donors (Lipinski definition) is 0. The summed E-state index contributed by atoms with van der Waals surface area (Å²) in [6.45, 7) is 0.502. The molecule has 0 radical (unpaired) electrons. The minimum Gasteiger partial charge on any atom is -0.493 e. The summed E-state index contributed by atoms with van der Waals surface area (Å²) in [4.78, 5) is 4.60. The van der Waals surface area contributed by atoms with Gasteiger partial charge in [-0.25, -0.2) is 0 Å². The molecular formula is C25H21NO2. The van der Waals surface area contributed by atoms with Gasteiger partial charge in [0.2, 0.25) is 0 Å².